The molecule has 1 aromatic carbocycles. The number of hydrogen-bond acceptors (Lipinski definition) is 1. The number of amides is 2. The molecule has 0 heterocycles. The SMILES string of the molecule is CNC(=O)Nc1ccc(C(F)(F)F)cc1Cl. The molecular formula is C9H8ClF3N2O. The summed E-state index contributed by atoms with van der Waals surface area (Å²) in [6, 6.07) is 2.14. The Kier molecular flexibility index (Phi) is 3.64. The number of anilines is 1. The number of carbonyl (C=O) groups is 1. The third kappa shape index (κ3) is 3.03. The van der Waals surface area contributed by atoms with Gasteiger partial charge in [-0.2, -0.15) is 13.2 Å². The van der Waals surface area contributed by atoms with Crippen molar-refractivity contribution < 1.29 is 18.0 Å². The molecule has 2 N–H and O–H groups in total. The van der Waals surface area contributed by atoms with Gasteiger partial charge in [-0.05, 0) is 18.2 Å². The molecule has 0 saturated heterocycles. The highest BCUT2D eigenvalue weighted by atomic mass is 35.5. The first-order valence-electron chi connectivity index (χ1n) is 4.20. The van der Waals surface area contributed by atoms with Crippen molar-refractivity contribution in [2.45, 2.75) is 6.18 Å². The van der Waals surface area contributed by atoms with Crippen molar-refractivity contribution in [1.82, 2.24) is 5.32 Å². The maximum atomic E-state index is 12.3. The highest BCUT2D eigenvalue weighted by Crippen LogP contribution is 2.33. The summed E-state index contributed by atoms with van der Waals surface area (Å²) in [6.07, 6.45) is -4.45. The van der Waals surface area contributed by atoms with Crippen LogP contribution in [0.1, 0.15) is 5.56 Å². The zero-order valence-corrected chi connectivity index (χ0v) is 8.91. The summed E-state index contributed by atoms with van der Waals surface area (Å²) < 4.78 is 36.8. The Morgan fingerprint density at radius 3 is 2.44 bits per heavy atom. The van der Waals surface area contributed by atoms with Crippen LogP contribution in [-0.4, -0.2) is 13.1 Å². The minimum absolute atomic E-state index is 0.119. The standard InChI is InChI=1S/C9H8ClF3N2O/c1-14-8(16)15-7-3-2-5(4-6(7)10)9(11,12)13/h2-4H,1H3,(H2,14,15,16). The number of rotatable bonds is 1. The lowest BCUT2D eigenvalue weighted by Gasteiger charge is -2.10. The molecule has 0 unspecified atom stereocenters. The van der Waals surface area contributed by atoms with E-state index < -0.39 is 17.8 Å². The Labute approximate surface area is 94.6 Å². The van der Waals surface area contributed by atoms with Gasteiger partial charge in [-0.15, -0.1) is 0 Å². The maximum absolute atomic E-state index is 12.3. The van der Waals surface area contributed by atoms with Gasteiger partial charge in [-0.25, -0.2) is 4.79 Å². The van der Waals surface area contributed by atoms with Crippen molar-refractivity contribution >= 4 is 23.3 Å². The maximum Gasteiger partial charge on any atom is 0.416 e. The fraction of sp³-hybridized carbons (Fsp3) is 0.222. The lowest BCUT2D eigenvalue weighted by molar-refractivity contribution is -0.137. The summed E-state index contributed by atoms with van der Waals surface area (Å²) in [5, 5.41) is 4.38. The predicted octanol–water partition coefficient (Wildman–Crippen LogP) is 3.11. The second-order valence-corrected chi connectivity index (χ2v) is 3.30. The van der Waals surface area contributed by atoms with Gasteiger partial charge in [-0.1, -0.05) is 11.6 Å². The zero-order valence-electron chi connectivity index (χ0n) is 8.15. The van der Waals surface area contributed by atoms with Gasteiger partial charge in [0.2, 0.25) is 0 Å². The van der Waals surface area contributed by atoms with Crippen LogP contribution >= 0.6 is 11.6 Å². The van der Waals surface area contributed by atoms with Crippen molar-refractivity contribution in [2.24, 2.45) is 0 Å². The fourth-order valence-corrected chi connectivity index (χ4v) is 1.21. The Hall–Kier alpha value is -1.43. The van der Waals surface area contributed by atoms with Crippen molar-refractivity contribution in [3.05, 3.63) is 28.8 Å². The molecule has 0 aromatic heterocycles. The quantitative estimate of drug-likeness (QED) is 0.792. The molecule has 88 valence electrons. The normalized spacial score (nSPS) is 11.1. The number of hydrogen-bond donors (Lipinski definition) is 2. The van der Waals surface area contributed by atoms with Crippen molar-refractivity contribution in [2.75, 3.05) is 12.4 Å². The lowest BCUT2D eigenvalue weighted by atomic mass is 10.2. The summed E-state index contributed by atoms with van der Waals surface area (Å²) in [5.41, 5.74) is -0.742. The van der Waals surface area contributed by atoms with Crippen LogP contribution < -0.4 is 10.6 Å². The highest BCUT2D eigenvalue weighted by molar-refractivity contribution is 6.33. The second-order valence-electron chi connectivity index (χ2n) is 2.90. The number of benzene rings is 1. The molecule has 1 aromatic rings. The predicted molar refractivity (Wildman–Crippen MR) is 54.5 cm³/mol. The first kappa shape index (κ1) is 12.6. The molecule has 0 aliphatic carbocycles. The van der Waals surface area contributed by atoms with Crippen LogP contribution in [0.2, 0.25) is 5.02 Å². The van der Waals surface area contributed by atoms with E-state index in [0.717, 1.165) is 18.2 Å². The van der Waals surface area contributed by atoms with Gasteiger partial charge in [0.05, 0.1) is 16.3 Å². The molecule has 0 fully saturated rings. The monoisotopic (exact) mass is 252 g/mol. The van der Waals surface area contributed by atoms with E-state index in [1.807, 2.05) is 0 Å². The first-order chi connectivity index (χ1) is 7.34. The molecule has 3 nitrogen and oxygen atoms in total. The largest absolute Gasteiger partial charge is 0.416 e. The third-order valence-corrected chi connectivity index (χ3v) is 2.08. The molecule has 0 spiro atoms. The molecule has 0 aliphatic heterocycles. The number of halogens is 4. The van der Waals surface area contributed by atoms with Crippen LogP contribution in [0.3, 0.4) is 0 Å². The first-order valence-corrected chi connectivity index (χ1v) is 4.58. The summed E-state index contributed by atoms with van der Waals surface area (Å²) in [5.74, 6) is 0. The van der Waals surface area contributed by atoms with E-state index in [4.69, 9.17) is 11.6 Å². The van der Waals surface area contributed by atoms with Crippen LogP contribution in [0.15, 0.2) is 18.2 Å². The van der Waals surface area contributed by atoms with E-state index in [-0.39, 0.29) is 10.7 Å². The number of nitrogens with one attached hydrogen (secondary N) is 2. The van der Waals surface area contributed by atoms with E-state index >= 15 is 0 Å². The molecule has 0 aliphatic rings. The van der Waals surface area contributed by atoms with E-state index in [0.29, 0.717) is 0 Å². The molecule has 0 saturated carbocycles. The third-order valence-electron chi connectivity index (χ3n) is 1.77. The van der Waals surface area contributed by atoms with Crippen molar-refractivity contribution in [3.8, 4) is 0 Å². The van der Waals surface area contributed by atoms with Crippen molar-refractivity contribution in [3.63, 3.8) is 0 Å². The van der Waals surface area contributed by atoms with Crippen LogP contribution in [0.25, 0.3) is 0 Å². The van der Waals surface area contributed by atoms with Gasteiger partial charge in [0.1, 0.15) is 0 Å². The topological polar surface area (TPSA) is 41.1 Å². The summed E-state index contributed by atoms with van der Waals surface area (Å²) in [6.45, 7) is 0. The molecule has 1 rings (SSSR count). The van der Waals surface area contributed by atoms with Crippen LogP contribution in [0.5, 0.6) is 0 Å². The summed E-state index contributed by atoms with van der Waals surface area (Å²) >= 11 is 5.59. The summed E-state index contributed by atoms with van der Waals surface area (Å²) in [4.78, 5) is 10.9. The zero-order chi connectivity index (χ0) is 12.3. The Bertz CT molecular complexity index is 406. The van der Waals surface area contributed by atoms with Gasteiger partial charge >= 0.3 is 12.2 Å². The van der Waals surface area contributed by atoms with Gasteiger partial charge in [-0.3, -0.25) is 0 Å². The second kappa shape index (κ2) is 4.61. The molecule has 0 bridgehead atoms. The fourth-order valence-electron chi connectivity index (χ4n) is 0.978. The lowest BCUT2D eigenvalue weighted by Crippen LogP contribution is -2.24. The average Bonchev–Trinajstić information content (AvgIpc) is 2.19. The van der Waals surface area contributed by atoms with Crippen LogP contribution in [-0.2, 0) is 6.18 Å². The van der Waals surface area contributed by atoms with Crippen LogP contribution in [0, 0.1) is 0 Å². The van der Waals surface area contributed by atoms with Gasteiger partial charge in [0, 0.05) is 7.05 Å². The van der Waals surface area contributed by atoms with Gasteiger partial charge < -0.3 is 10.6 Å². The number of alkyl halides is 3. The van der Waals surface area contributed by atoms with Gasteiger partial charge in [0.25, 0.3) is 0 Å². The minimum Gasteiger partial charge on any atom is -0.341 e. The van der Waals surface area contributed by atoms with E-state index in [1.54, 1.807) is 0 Å². The number of urea groups is 1. The molecular weight excluding hydrogens is 245 g/mol. The Morgan fingerprint density at radius 1 is 1.38 bits per heavy atom. The van der Waals surface area contributed by atoms with Crippen LogP contribution in [0.4, 0.5) is 23.7 Å². The molecule has 16 heavy (non-hydrogen) atoms. The smallest absolute Gasteiger partial charge is 0.341 e. The average molecular weight is 253 g/mol. The molecule has 0 atom stereocenters. The highest BCUT2D eigenvalue weighted by Gasteiger charge is 2.30. The molecule has 7 heteroatoms. The van der Waals surface area contributed by atoms with E-state index in [1.165, 1.54) is 7.05 Å². The van der Waals surface area contributed by atoms with E-state index in [9.17, 15) is 18.0 Å². The Balaban J connectivity index is 2.96. The summed E-state index contributed by atoms with van der Waals surface area (Å²) in [7, 11) is 1.38. The number of carbonyl (C=O) groups excluding carboxylic acids is 1. The van der Waals surface area contributed by atoms with E-state index in [2.05, 4.69) is 10.6 Å². The van der Waals surface area contributed by atoms with Crippen molar-refractivity contribution in [1.29, 1.82) is 0 Å². The molecule has 0 radical (unpaired) electrons. The molecule has 2 amide bonds. The van der Waals surface area contributed by atoms with Gasteiger partial charge in [0.15, 0.2) is 0 Å². The minimum atomic E-state index is -4.45. The Morgan fingerprint density at radius 2 is 2.00 bits per heavy atom.